The zero-order valence-corrected chi connectivity index (χ0v) is 16.4. The zero-order valence-electron chi connectivity index (χ0n) is 16.4. The first-order valence-electron chi connectivity index (χ1n) is 9.62. The molecule has 0 fully saturated rings. The van der Waals surface area contributed by atoms with Gasteiger partial charge in [0.15, 0.2) is 17.5 Å². The SMILES string of the molecule is Cn1nc2c(c1-c1cc(F)c(F)c(F)c1)CCN(C(=O)c1ccnc3cccnc13)C2. The Bertz CT molecular complexity index is 1320. The average Bonchev–Trinajstić information content (AvgIpc) is 3.11. The van der Waals surface area contributed by atoms with Crippen molar-refractivity contribution in [2.24, 2.45) is 7.05 Å². The van der Waals surface area contributed by atoms with E-state index in [-0.39, 0.29) is 18.0 Å². The fourth-order valence-electron chi connectivity index (χ4n) is 4.07. The molecule has 1 aromatic carbocycles. The van der Waals surface area contributed by atoms with Crippen LogP contribution in [0.1, 0.15) is 21.6 Å². The van der Waals surface area contributed by atoms with Crippen molar-refractivity contribution in [2.45, 2.75) is 13.0 Å². The highest BCUT2D eigenvalue weighted by molar-refractivity contribution is 6.04. The molecule has 0 bridgehead atoms. The molecular weight excluding hydrogens is 407 g/mol. The van der Waals surface area contributed by atoms with Crippen LogP contribution in [-0.4, -0.2) is 37.1 Å². The maximum Gasteiger partial charge on any atom is 0.256 e. The third-order valence-electron chi connectivity index (χ3n) is 5.47. The van der Waals surface area contributed by atoms with Gasteiger partial charge in [-0.05, 0) is 36.8 Å². The van der Waals surface area contributed by atoms with Gasteiger partial charge in [-0.3, -0.25) is 19.4 Å². The van der Waals surface area contributed by atoms with Crippen molar-refractivity contribution in [2.75, 3.05) is 6.54 Å². The van der Waals surface area contributed by atoms with Crippen LogP contribution in [0, 0.1) is 17.5 Å². The lowest BCUT2D eigenvalue weighted by Crippen LogP contribution is -2.36. The number of pyridine rings is 2. The van der Waals surface area contributed by atoms with Gasteiger partial charge < -0.3 is 4.90 Å². The minimum atomic E-state index is -1.50. The molecule has 3 aromatic heterocycles. The Morgan fingerprint density at radius 1 is 1.06 bits per heavy atom. The van der Waals surface area contributed by atoms with Crippen LogP contribution in [0.25, 0.3) is 22.3 Å². The van der Waals surface area contributed by atoms with Gasteiger partial charge in [-0.2, -0.15) is 5.10 Å². The van der Waals surface area contributed by atoms with E-state index in [9.17, 15) is 18.0 Å². The number of amides is 1. The molecule has 156 valence electrons. The van der Waals surface area contributed by atoms with Crippen molar-refractivity contribution in [1.29, 1.82) is 0 Å². The van der Waals surface area contributed by atoms with Gasteiger partial charge in [-0.25, -0.2) is 13.2 Å². The predicted molar refractivity (Wildman–Crippen MR) is 107 cm³/mol. The molecule has 31 heavy (non-hydrogen) atoms. The molecule has 0 aliphatic carbocycles. The highest BCUT2D eigenvalue weighted by Crippen LogP contribution is 2.32. The van der Waals surface area contributed by atoms with E-state index in [0.717, 1.165) is 17.7 Å². The van der Waals surface area contributed by atoms with Crippen molar-refractivity contribution in [3.05, 3.63) is 77.0 Å². The first-order chi connectivity index (χ1) is 14.9. The van der Waals surface area contributed by atoms with E-state index < -0.39 is 17.5 Å². The standard InChI is InChI=1S/C22H16F3N5O/c1-29-21(12-9-15(23)19(25)16(24)10-12)13-5-8-30(11-18(13)28-29)22(31)14-4-7-26-17-3-2-6-27-20(14)17/h2-4,6-7,9-10H,5,8,11H2,1H3. The van der Waals surface area contributed by atoms with Crippen LogP contribution in [0.4, 0.5) is 13.2 Å². The Morgan fingerprint density at radius 3 is 2.61 bits per heavy atom. The molecule has 0 unspecified atom stereocenters. The molecule has 1 aliphatic heterocycles. The van der Waals surface area contributed by atoms with Gasteiger partial charge in [-0.1, -0.05) is 0 Å². The van der Waals surface area contributed by atoms with E-state index in [1.165, 1.54) is 4.68 Å². The molecule has 9 heteroatoms. The largest absolute Gasteiger partial charge is 0.332 e. The number of halogens is 3. The van der Waals surface area contributed by atoms with E-state index in [1.807, 2.05) is 0 Å². The number of hydrogen-bond donors (Lipinski definition) is 0. The molecule has 4 heterocycles. The number of hydrogen-bond acceptors (Lipinski definition) is 4. The third-order valence-corrected chi connectivity index (χ3v) is 5.47. The van der Waals surface area contributed by atoms with Gasteiger partial charge in [-0.15, -0.1) is 0 Å². The highest BCUT2D eigenvalue weighted by atomic mass is 19.2. The summed E-state index contributed by atoms with van der Waals surface area (Å²) in [6, 6.07) is 7.11. The molecule has 0 N–H and O–H groups in total. The van der Waals surface area contributed by atoms with E-state index in [0.29, 0.717) is 41.0 Å². The average molecular weight is 423 g/mol. The number of aromatic nitrogens is 4. The van der Waals surface area contributed by atoms with Gasteiger partial charge >= 0.3 is 0 Å². The fourth-order valence-corrected chi connectivity index (χ4v) is 4.07. The lowest BCUT2D eigenvalue weighted by atomic mass is 9.99. The summed E-state index contributed by atoms with van der Waals surface area (Å²) < 4.78 is 42.4. The second-order valence-electron chi connectivity index (χ2n) is 7.36. The van der Waals surface area contributed by atoms with Gasteiger partial charge in [0.05, 0.1) is 29.0 Å². The number of benzene rings is 1. The van der Waals surface area contributed by atoms with Crippen molar-refractivity contribution >= 4 is 16.9 Å². The third kappa shape index (κ3) is 3.13. The fraction of sp³-hybridized carbons (Fsp3) is 0.182. The van der Waals surface area contributed by atoms with Crippen LogP contribution >= 0.6 is 0 Å². The van der Waals surface area contributed by atoms with Gasteiger partial charge in [0.2, 0.25) is 0 Å². The molecular formula is C22H16F3N5O. The Kier molecular flexibility index (Phi) is 4.46. The number of rotatable bonds is 2. The summed E-state index contributed by atoms with van der Waals surface area (Å²) >= 11 is 0. The highest BCUT2D eigenvalue weighted by Gasteiger charge is 2.29. The van der Waals surface area contributed by atoms with Crippen LogP contribution in [0.15, 0.2) is 42.7 Å². The molecule has 5 rings (SSSR count). The van der Waals surface area contributed by atoms with Gasteiger partial charge in [0, 0.05) is 37.1 Å². The monoisotopic (exact) mass is 423 g/mol. The molecule has 0 radical (unpaired) electrons. The van der Waals surface area contributed by atoms with E-state index in [1.54, 1.807) is 42.5 Å². The molecule has 0 saturated heterocycles. The van der Waals surface area contributed by atoms with Crippen molar-refractivity contribution in [1.82, 2.24) is 24.6 Å². The molecule has 0 saturated carbocycles. The maximum absolute atomic E-state index is 13.8. The van der Waals surface area contributed by atoms with E-state index in [4.69, 9.17) is 0 Å². The first kappa shape index (κ1) is 19.2. The number of aryl methyl sites for hydroxylation is 1. The topological polar surface area (TPSA) is 63.9 Å². The van der Waals surface area contributed by atoms with E-state index >= 15 is 0 Å². The summed E-state index contributed by atoms with van der Waals surface area (Å²) in [6.45, 7) is 0.637. The van der Waals surface area contributed by atoms with Crippen molar-refractivity contribution in [3.8, 4) is 11.3 Å². The molecule has 4 aromatic rings. The maximum atomic E-state index is 13.8. The number of carbonyl (C=O) groups excluding carboxylic acids is 1. The molecule has 0 atom stereocenters. The van der Waals surface area contributed by atoms with Gasteiger partial charge in [0.25, 0.3) is 5.91 Å². The Morgan fingerprint density at radius 2 is 1.84 bits per heavy atom. The Labute approximate surface area is 175 Å². The predicted octanol–water partition coefficient (Wildman–Crippen LogP) is 3.65. The molecule has 0 spiro atoms. The summed E-state index contributed by atoms with van der Waals surface area (Å²) in [4.78, 5) is 23.4. The summed E-state index contributed by atoms with van der Waals surface area (Å²) in [5.41, 5.74) is 3.75. The smallest absolute Gasteiger partial charge is 0.256 e. The number of carbonyl (C=O) groups is 1. The second kappa shape index (κ2) is 7.19. The van der Waals surface area contributed by atoms with Crippen LogP contribution in [-0.2, 0) is 20.0 Å². The summed E-state index contributed by atoms with van der Waals surface area (Å²) in [5.74, 6) is -4.21. The Balaban J connectivity index is 1.50. The molecule has 1 aliphatic rings. The summed E-state index contributed by atoms with van der Waals surface area (Å²) in [7, 11) is 1.65. The molecule has 1 amide bonds. The second-order valence-corrected chi connectivity index (χ2v) is 7.36. The summed E-state index contributed by atoms with van der Waals surface area (Å²) in [6.07, 6.45) is 3.63. The quantitative estimate of drug-likeness (QED) is 0.462. The lowest BCUT2D eigenvalue weighted by Gasteiger charge is -2.27. The van der Waals surface area contributed by atoms with Crippen LogP contribution in [0.5, 0.6) is 0 Å². The van der Waals surface area contributed by atoms with Crippen LogP contribution in [0.2, 0.25) is 0 Å². The lowest BCUT2D eigenvalue weighted by molar-refractivity contribution is 0.0734. The normalized spacial score (nSPS) is 13.5. The number of fused-ring (bicyclic) bond motifs is 2. The zero-order chi connectivity index (χ0) is 21.7. The minimum absolute atomic E-state index is 0.192. The number of nitrogens with zero attached hydrogens (tertiary/aromatic N) is 5. The first-order valence-corrected chi connectivity index (χ1v) is 9.62. The minimum Gasteiger partial charge on any atom is -0.332 e. The van der Waals surface area contributed by atoms with E-state index in [2.05, 4.69) is 15.1 Å². The molecule has 6 nitrogen and oxygen atoms in total. The van der Waals surface area contributed by atoms with Gasteiger partial charge in [0.1, 0.15) is 5.52 Å². The summed E-state index contributed by atoms with van der Waals surface area (Å²) in [5, 5.41) is 4.45. The van der Waals surface area contributed by atoms with Crippen molar-refractivity contribution < 1.29 is 18.0 Å². The Hall–Kier alpha value is -3.75. The van der Waals surface area contributed by atoms with Crippen molar-refractivity contribution in [3.63, 3.8) is 0 Å². The van der Waals surface area contributed by atoms with Crippen LogP contribution in [0.3, 0.4) is 0 Å². The van der Waals surface area contributed by atoms with Crippen LogP contribution < -0.4 is 0 Å².